The van der Waals surface area contributed by atoms with Crippen LogP contribution in [0.5, 0.6) is 5.75 Å². The summed E-state index contributed by atoms with van der Waals surface area (Å²) in [5.41, 5.74) is 2.17. The lowest BCUT2D eigenvalue weighted by molar-refractivity contribution is -0.122. The maximum atomic E-state index is 13.3. The number of carbonyl (C=O) groups is 2. The van der Waals surface area contributed by atoms with Crippen molar-refractivity contribution in [3.63, 3.8) is 0 Å². The minimum atomic E-state index is -0.0789. The fraction of sp³-hybridized carbons (Fsp3) is 0.276. The molecule has 37 heavy (non-hydrogen) atoms. The molecule has 2 aliphatic rings. The van der Waals surface area contributed by atoms with Gasteiger partial charge in [0.25, 0.3) is 11.8 Å². The van der Waals surface area contributed by atoms with Gasteiger partial charge in [-0.1, -0.05) is 36.4 Å². The van der Waals surface area contributed by atoms with Crippen molar-refractivity contribution in [3.8, 4) is 5.75 Å². The molecule has 190 valence electrons. The van der Waals surface area contributed by atoms with E-state index in [-0.39, 0.29) is 11.8 Å². The van der Waals surface area contributed by atoms with Gasteiger partial charge in [-0.25, -0.2) is 4.99 Å². The van der Waals surface area contributed by atoms with Crippen LogP contribution in [0.1, 0.15) is 29.8 Å². The summed E-state index contributed by atoms with van der Waals surface area (Å²) in [4.78, 5) is 35.1. The number of hydrogen-bond donors (Lipinski definition) is 0. The number of morpholine rings is 1. The van der Waals surface area contributed by atoms with Crippen LogP contribution in [0.4, 0.5) is 5.69 Å². The van der Waals surface area contributed by atoms with Gasteiger partial charge in [0.1, 0.15) is 5.75 Å². The molecule has 8 heteroatoms. The first-order valence-electron chi connectivity index (χ1n) is 12.5. The molecule has 2 fully saturated rings. The zero-order chi connectivity index (χ0) is 25.8. The van der Waals surface area contributed by atoms with Gasteiger partial charge in [-0.15, -0.1) is 0 Å². The lowest BCUT2D eigenvalue weighted by atomic mass is 10.0. The second-order valence-corrected chi connectivity index (χ2v) is 9.65. The van der Waals surface area contributed by atoms with Gasteiger partial charge in [-0.2, -0.15) is 0 Å². The maximum absolute atomic E-state index is 13.3. The first-order chi connectivity index (χ1) is 18.1. The van der Waals surface area contributed by atoms with Crippen LogP contribution in [0, 0.1) is 0 Å². The van der Waals surface area contributed by atoms with Crippen LogP contribution in [-0.4, -0.2) is 66.2 Å². The Kier molecular flexibility index (Phi) is 7.58. The molecule has 0 radical (unpaired) electrons. The standard InChI is InChI=1S/C29H29N3O4S/c1-3-32-28(34)26(19-20-12-13-25(36-4-2)24-11-6-5-10-23(20)24)37-29(32)30-22-9-7-8-21(18-22)27(33)31-14-16-35-17-15-31/h5-13,18-19H,3-4,14-17H2,1-2H3/b26-19+,30-29?. The highest BCUT2D eigenvalue weighted by atomic mass is 32.2. The molecule has 0 aromatic heterocycles. The summed E-state index contributed by atoms with van der Waals surface area (Å²) >= 11 is 1.35. The zero-order valence-corrected chi connectivity index (χ0v) is 21.8. The van der Waals surface area contributed by atoms with E-state index >= 15 is 0 Å². The Morgan fingerprint density at radius 2 is 1.84 bits per heavy atom. The predicted molar refractivity (Wildman–Crippen MR) is 148 cm³/mol. The summed E-state index contributed by atoms with van der Waals surface area (Å²) in [6.07, 6.45) is 1.93. The van der Waals surface area contributed by atoms with Gasteiger partial charge < -0.3 is 14.4 Å². The molecule has 0 bridgehead atoms. The number of thioether (sulfide) groups is 1. The summed E-state index contributed by atoms with van der Waals surface area (Å²) < 4.78 is 11.2. The molecule has 2 amide bonds. The van der Waals surface area contributed by atoms with Crippen LogP contribution >= 0.6 is 11.8 Å². The van der Waals surface area contributed by atoms with E-state index in [0.29, 0.717) is 60.8 Å². The molecular weight excluding hydrogens is 486 g/mol. The molecule has 3 aromatic rings. The fourth-order valence-electron chi connectivity index (χ4n) is 4.48. The number of rotatable bonds is 6. The lowest BCUT2D eigenvalue weighted by Crippen LogP contribution is -2.40. The van der Waals surface area contributed by atoms with Gasteiger partial charge in [0.15, 0.2) is 5.17 Å². The number of nitrogens with zero attached hydrogens (tertiary/aromatic N) is 3. The Morgan fingerprint density at radius 3 is 2.59 bits per heavy atom. The van der Waals surface area contributed by atoms with E-state index in [9.17, 15) is 9.59 Å². The van der Waals surface area contributed by atoms with Crippen LogP contribution < -0.4 is 4.74 Å². The summed E-state index contributed by atoms with van der Waals surface area (Å²) in [5.74, 6) is 0.718. The molecule has 0 unspecified atom stereocenters. The van der Waals surface area contributed by atoms with Gasteiger partial charge in [0, 0.05) is 30.6 Å². The van der Waals surface area contributed by atoms with E-state index in [4.69, 9.17) is 14.5 Å². The average Bonchev–Trinajstić information content (AvgIpc) is 3.23. The number of benzene rings is 3. The van der Waals surface area contributed by atoms with Crippen molar-refractivity contribution in [2.45, 2.75) is 13.8 Å². The van der Waals surface area contributed by atoms with E-state index in [2.05, 4.69) is 0 Å². The number of likely N-dealkylation sites (N-methyl/N-ethyl adjacent to an activating group) is 1. The molecular formula is C29H29N3O4S. The Hall–Kier alpha value is -3.62. The largest absolute Gasteiger partial charge is 0.493 e. The monoisotopic (exact) mass is 515 g/mol. The summed E-state index contributed by atoms with van der Waals surface area (Å²) in [6, 6.07) is 19.2. The third-order valence-corrected chi connectivity index (χ3v) is 7.33. The molecule has 5 rings (SSSR count). The summed E-state index contributed by atoms with van der Waals surface area (Å²) in [6.45, 7) is 7.25. The number of ether oxygens (including phenoxy) is 2. The number of amides is 2. The number of fused-ring (bicyclic) bond motifs is 1. The zero-order valence-electron chi connectivity index (χ0n) is 21.0. The van der Waals surface area contributed by atoms with Crippen molar-refractivity contribution in [3.05, 3.63) is 76.7 Å². The average molecular weight is 516 g/mol. The molecule has 3 aromatic carbocycles. The number of amidine groups is 1. The molecule has 0 aliphatic carbocycles. The van der Waals surface area contributed by atoms with E-state index < -0.39 is 0 Å². The minimum Gasteiger partial charge on any atom is -0.493 e. The first kappa shape index (κ1) is 25.0. The molecule has 0 N–H and O–H groups in total. The molecule has 2 heterocycles. The lowest BCUT2D eigenvalue weighted by Gasteiger charge is -2.26. The Bertz CT molecular complexity index is 1390. The highest BCUT2D eigenvalue weighted by Crippen LogP contribution is 2.36. The third-order valence-electron chi connectivity index (χ3n) is 6.32. The van der Waals surface area contributed by atoms with Crippen molar-refractivity contribution < 1.29 is 19.1 Å². The number of aliphatic imine (C=N–C) groups is 1. The molecule has 2 saturated heterocycles. The topological polar surface area (TPSA) is 71.4 Å². The van der Waals surface area contributed by atoms with Crippen molar-refractivity contribution in [1.82, 2.24) is 9.80 Å². The number of carbonyl (C=O) groups excluding carboxylic acids is 2. The molecule has 2 aliphatic heterocycles. The quantitative estimate of drug-likeness (QED) is 0.415. The second kappa shape index (κ2) is 11.2. The van der Waals surface area contributed by atoms with Gasteiger partial charge in [0.2, 0.25) is 0 Å². The van der Waals surface area contributed by atoms with Crippen molar-refractivity contribution in [1.29, 1.82) is 0 Å². The highest BCUT2D eigenvalue weighted by Gasteiger charge is 2.32. The van der Waals surface area contributed by atoms with Crippen LogP contribution in [-0.2, 0) is 9.53 Å². The van der Waals surface area contributed by atoms with Crippen molar-refractivity contribution in [2.75, 3.05) is 39.5 Å². The predicted octanol–water partition coefficient (Wildman–Crippen LogP) is 5.33. The van der Waals surface area contributed by atoms with Crippen molar-refractivity contribution in [2.24, 2.45) is 4.99 Å². The maximum Gasteiger partial charge on any atom is 0.266 e. The molecule has 0 atom stereocenters. The van der Waals surface area contributed by atoms with E-state index in [1.807, 2.05) is 68.5 Å². The second-order valence-electron chi connectivity index (χ2n) is 8.64. The van der Waals surface area contributed by atoms with Crippen LogP contribution in [0.3, 0.4) is 0 Å². The molecule has 0 spiro atoms. The van der Waals surface area contributed by atoms with Gasteiger partial charge in [-0.3, -0.25) is 14.5 Å². The highest BCUT2D eigenvalue weighted by molar-refractivity contribution is 8.18. The van der Waals surface area contributed by atoms with Gasteiger partial charge >= 0.3 is 0 Å². The minimum absolute atomic E-state index is 0.0317. The van der Waals surface area contributed by atoms with Crippen LogP contribution in [0.2, 0.25) is 0 Å². The third kappa shape index (κ3) is 5.26. The van der Waals surface area contributed by atoms with Gasteiger partial charge in [0.05, 0.1) is 30.4 Å². The summed E-state index contributed by atoms with van der Waals surface area (Å²) in [7, 11) is 0. The molecule has 7 nitrogen and oxygen atoms in total. The summed E-state index contributed by atoms with van der Waals surface area (Å²) in [5, 5.41) is 2.64. The van der Waals surface area contributed by atoms with Crippen LogP contribution in [0.15, 0.2) is 70.6 Å². The Morgan fingerprint density at radius 1 is 1.05 bits per heavy atom. The van der Waals surface area contributed by atoms with E-state index in [1.54, 1.807) is 21.9 Å². The SMILES string of the molecule is CCOc1ccc(/C=C2/SC(=Nc3cccc(C(=O)N4CCOCC4)c3)N(CC)C2=O)c2ccccc12. The van der Waals surface area contributed by atoms with Crippen molar-refractivity contribution >= 4 is 51.3 Å². The smallest absolute Gasteiger partial charge is 0.266 e. The first-order valence-corrected chi connectivity index (χ1v) is 13.3. The normalized spacial score (nSPS) is 18.3. The van der Waals surface area contributed by atoms with Crippen LogP contribution in [0.25, 0.3) is 16.8 Å². The molecule has 0 saturated carbocycles. The van der Waals surface area contributed by atoms with Gasteiger partial charge in [-0.05, 0) is 66.9 Å². The van der Waals surface area contributed by atoms with E-state index in [1.165, 1.54) is 11.8 Å². The van der Waals surface area contributed by atoms with E-state index in [0.717, 1.165) is 22.1 Å². The number of hydrogen-bond acceptors (Lipinski definition) is 6. The fourth-order valence-corrected chi connectivity index (χ4v) is 5.53. The Labute approximate surface area is 220 Å². The Balaban J connectivity index is 1.44.